The molecule has 0 atom stereocenters. The fraction of sp³-hybridized carbons (Fsp3) is 0.222. The molecule has 0 bridgehead atoms. The highest BCUT2D eigenvalue weighted by molar-refractivity contribution is 14.1. The number of benzene rings is 2. The molecule has 2 aromatic rings. The minimum Gasteiger partial charge on any atom is -0.492 e. The van der Waals surface area contributed by atoms with Crippen molar-refractivity contribution < 1.29 is 23.8 Å². The van der Waals surface area contributed by atoms with Crippen molar-refractivity contribution in [3.8, 4) is 11.5 Å². The first-order chi connectivity index (χ1) is 11.6. The van der Waals surface area contributed by atoms with Crippen LogP contribution in [0.4, 0.5) is 0 Å². The van der Waals surface area contributed by atoms with Crippen molar-refractivity contribution in [1.82, 2.24) is 0 Å². The molecular weight excluding hydrogens is 423 g/mol. The molecule has 0 aliphatic heterocycles. The van der Waals surface area contributed by atoms with Crippen LogP contribution in [0, 0.1) is 3.57 Å². The lowest BCUT2D eigenvalue weighted by atomic mass is 10.1. The van der Waals surface area contributed by atoms with Crippen LogP contribution < -0.4 is 9.47 Å². The Bertz CT molecular complexity index is 728. The van der Waals surface area contributed by atoms with Crippen LogP contribution in [-0.2, 0) is 4.74 Å². The minimum absolute atomic E-state index is 0.253. The van der Waals surface area contributed by atoms with Crippen LogP contribution >= 0.6 is 22.6 Å². The van der Waals surface area contributed by atoms with E-state index in [9.17, 15) is 9.59 Å². The van der Waals surface area contributed by atoms with Crippen LogP contribution in [0.2, 0.25) is 0 Å². The van der Waals surface area contributed by atoms with E-state index >= 15 is 0 Å². The molecule has 24 heavy (non-hydrogen) atoms. The monoisotopic (exact) mass is 440 g/mol. The molecule has 0 radical (unpaired) electrons. The van der Waals surface area contributed by atoms with Crippen LogP contribution in [0.15, 0.2) is 42.5 Å². The predicted molar refractivity (Wildman–Crippen MR) is 97.9 cm³/mol. The first-order valence-electron chi connectivity index (χ1n) is 7.32. The molecule has 0 amide bonds. The minimum atomic E-state index is -0.583. The van der Waals surface area contributed by atoms with Crippen LogP contribution in [0.5, 0.6) is 11.5 Å². The van der Waals surface area contributed by atoms with Crippen LogP contribution in [0.25, 0.3) is 0 Å². The quantitative estimate of drug-likeness (QED) is 0.373. The SMILES string of the molecule is CCOc1cc(C(=O)OCC(=O)c2ccccc2)cc(I)c1OC. The number of rotatable bonds is 7. The highest BCUT2D eigenvalue weighted by atomic mass is 127. The number of methoxy groups -OCH3 is 1. The van der Waals surface area contributed by atoms with E-state index in [0.717, 1.165) is 3.57 Å². The van der Waals surface area contributed by atoms with E-state index in [4.69, 9.17) is 14.2 Å². The summed E-state index contributed by atoms with van der Waals surface area (Å²) in [6, 6.07) is 11.9. The van der Waals surface area contributed by atoms with Gasteiger partial charge in [-0.3, -0.25) is 4.79 Å². The zero-order valence-corrected chi connectivity index (χ0v) is 15.5. The number of ketones is 1. The number of hydrogen-bond acceptors (Lipinski definition) is 5. The Balaban J connectivity index is 2.11. The van der Waals surface area contributed by atoms with Gasteiger partial charge in [0, 0.05) is 5.56 Å². The summed E-state index contributed by atoms with van der Waals surface area (Å²) in [7, 11) is 1.54. The van der Waals surface area contributed by atoms with Crippen molar-refractivity contribution in [3.63, 3.8) is 0 Å². The second-order valence-corrected chi connectivity index (χ2v) is 5.95. The molecule has 0 spiro atoms. The van der Waals surface area contributed by atoms with Crippen LogP contribution in [-0.4, -0.2) is 32.1 Å². The van der Waals surface area contributed by atoms with E-state index in [1.165, 1.54) is 7.11 Å². The van der Waals surface area contributed by atoms with E-state index in [2.05, 4.69) is 22.6 Å². The van der Waals surface area contributed by atoms with Crippen molar-refractivity contribution in [2.45, 2.75) is 6.92 Å². The molecule has 0 saturated carbocycles. The second kappa shape index (κ2) is 8.68. The number of hydrogen-bond donors (Lipinski definition) is 0. The number of halogens is 1. The molecule has 2 rings (SSSR count). The van der Waals surface area contributed by atoms with Crippen molar-refractivity contribution in [2.75, 3.05) is 20.3 Å². The van der Waals surface area contributed by atoms with Gasteiger partial charge in [-0.15, -0.1) is 0 Å². The smallest absolute Gasteiger partial charge is 0.338 e. The average Bonchev–Trinajstić information content (AvgIpc) is 2.60. The lowest BCUT2D eigenvalue weighted by molar-refractivity contribution is 0.0474. The maximum absolute atomic E-state index is 12.2. The third-order valence-corrected chi connectivity index (χ3v) is 3.98. The number of ether oxygens (including phenoxy) is 3. The summed E-state index contributed by atoms with van der Waals surface area (Å²) in [6.45, 7) is 1.97. The molecule has 6 heteroatoms. The first kappa shape index (κ1) is 18.3. The van der Waals surface area contributed by atoms with Crippen LogP contribution in [0.3, 0.4) is 0 Å². The van der Waals surface area contributed by atoms with Gasteiger partial charge in [0.25, 0.3) is 0 Å². The van der Waals surface area contributed by atoms with Gasteiger partial charge in [-0.25, -0.2) is 4.79 Å². The van der Waals surface area contributed by atoms with Crippen molar-refractivity contribution in [1.29, 1.82) is 0 Å². The number of carbonyl (C=O) groups excluding carboxylic acids is 2. The number of Topliss-reactive ketones (excluding diaryl/α,β-unsaturated/α-hetero) is 1. The highest BCUT2D eigenvalue weighted by Gasteiger charge is 2.17. The Morgan fingerprint density at radius 1 is 1.08 bits per heavy atom. The summed E-state index contributed by atoms with van der Waals surface area (Å²) < 4.78 is 16.6. The van der Waals surface area contributed by atoms with Gasteiger partial charge < -0.3 is 14.2 Å². The molecule has 0 saturated heterocycles. The molecule has 0 fully saturated rings. The highest BCUT2D eigenvalue weighted by Crippen LogP contribution is 2.34. The van der Waals surface area contributed by atoms with E-state index in [1.807, 2.05) is 13.0 Å². The summed E-state index contributed by atoms with van der Waals surface area (Å²) in [5.74, 6) is 0.195. The molecule has 0 aliphatic carbocycles. The maximum Gasteiger partial charge on any atom is 0.338 e. The summed E-state index contributed by atoms with van der Waals surface area (Å²) in [4.78, 5) is 24.2. The molecule has 126 valence electrons. The molecular formula is C18H17IO5. The number of carbonyl (C=O) groups is 2. The maximum atomic E-state index is 12.2. The van der Waals surface area contributed by atoms with E-state index < -0.39 is 5.97 Å². The molecule has 5 nitrogen and oxygen atoms in total. The molecule has 0 aliphatic rings. The first-order valence-corrected chi connectivity index (χ1v) is 8.40. The number of esters is 1. The van der Waals surface area contributed by atoms with Gasteiger partial charge in [-0.05, 0) is 41.6 Å². The molecule has 2 aromatic carbocycles. The zero-order valence-electron chi connectivity index (χ0n) is 13.4. The fourth-order valence-electron chi connectivity index (χ4n) is 2.07. The topological polar surface area (TPSA) is 61.8 Å². The Morgan fingerprint density at radius 3 is 2.42 bits per heavy atom. The zero-order chi connectivity index (χ0) is 17.5. The molecule has 0 N–H and O–H groups in total. The Labute approximate surface area is 154 Å². The lowest BCUT2D eigenvalue weighted by Crippen LogP contribution is -2.14. The van der Waals surface area contributed by atoms with Gasteiger partial charge in [0.05, 0.1) is 22.9 Å². The van der Waals surface area contributed by atoms with Gasteiger partial charge in [-0.1, -0.05) is 30.3 Å². The van der Waals surface area contributed by atoms with Gasteiger partial charge >= 0.3 is 5.97 Å². The molecule has 0 aromatic heterocycles. The Hall–Kier alpha value is -2.09. The summed E-state index contributed by atoms with van der Waals surface area (Å²) in [5, 5.41) is 0. The summed E-state index contributed by atoms with van der Waals surface area (Å²) in [5.41, 5.74) is 0.814. The van der Waals surface area contributed by atoms with Gasteiger partial charge in [-0.2, -0.15) is 0 Å². The molecule has 0 unspecified atom stereocenters. The lowest BCUT2D eigenvalue weighted by Gasteiger charge is -2.13. The standard InChI is InChI=1S/C18H17IO5/c1-3-23-16-10-13(9-14(19)17(16)22-2)18(21)24-11-15(20)12-7-5-4-6-8-12/h4-10H,3,11H2,1-2H3. The van der Waals surface area contributed by atoms with Crippen molar-refractivity contribution in [3.05, 3.63) is 57.2 Å². The predicted octanol–water partition coefficient (Wildman–Crippen LogP) is 3.74. The largest absolute Gasteiger partial charge is 0.492 e. The van der Waals surface area contributed by atoms with E-state index in [1.54, 1.807) is 36.4 Å². The average molecular weight is 440 g/mol. The van der Waals surface area contributed by atoms with E-state index in [-0.39, 0.29) is 12.4 Å². The van der Waals surface area contributed by atoms with Crippen molar-refractivity contribution in [2.24, 2.45) is 0 Å². The van der Waals surface area contributed by atoms with Gasteiger partial charge in [0.2, 0.25) is 0 Å². The fourth-order valence-corrected chi connectivity index (χ4v) is 2.89. The van der Waals surface area contributed by atoms with Crippen LogP contribution in [0.1, 0.15) is 27.6 Å². The van der Waals surface area contributed by atoms with E-state index in [0.29, 0.717) is 29.2 Å². The van der Waals surface area contributed by atoms with Gasteiger partial charge in [0.15, 0.2) is 23.9 Å². The third kappa shape index (κ3) is 4.47. The second-order valence-electron chi connectivity index (χ2n) is 4.79. The summed E-state index contributed by atoms with van der Waals surface area (Å²) >= 11 is 2.06. The Kier molecular flexibility index (Phi) is 6.60. The molecule has 0 heterocycles. The van der Waals surface area contributed by atoms with Gasteiger partial charge in [0.1, 0.15) is 0 Å². The Morgan fingerprint density at radius 2 is 1.79 bits per heavy atom. The normalized spacial score (nSPS) is 10.1. The van der Waals surface area contributed by atoms with Crippen molar-refractivity contribution >= 4 is 34.3 Å². The summed E-state index contributed by atoms with van der Waals surface area (Å²) in [6.07, 6.45) is 0. The third-order valence-electron chi connectivity index (χ3n) is 3.18.